The Labute approximate surface area is 178 Å². The zero-order chi connectivity index (χ0) is 21.1. The monoisotopic (exact) mass is 429 g/mol. The van der Waals surface area contributed by atoms with Gasteiger partial charge in [-0.25, -0.2) is 0 Å². The van der Waals surface area contributed by atoms with Gasteiger partial charge in [0.15, 0.2) is 0 Å². The molecule has 1 unspecified atom stereocenters. The van der Waals surface area contributed by atoms with Gasteiger partial charge in [0, 0.05) is 12.1 Å². The van der Waals surface area contributed by atoms with Crippen LogP contribution in [0, 0.1) is 6.92 Å². The number of benzene rings is 1. The van der Waals surface area contributed by atoms with Gasteiger partial charge in [-0.15, -0.1) is 10.2 Å². The molecular weight excluding hydrogens is 406 g/mol. The summed E-state index contributed by atoms with van der Waals surface area (Å²) >= 11 is 1.24. The second-order valence-electron chi connectivity index (χ2n) is 6.91. The van der Waals surface area contributed by atoms with Gasteiger partial charge in [0.05, 0.1) is 37.8 Å². The summed E-state index contributed by atoms with van der Waals surface area (Å²) in [6.07, 6.45) is 3.39. The van der Waals surface area contributed by atoms with Crippen LogP contribution >= 0.6 is 11.8 Å². The Morgan fingerprint density at radius 3 is 2.87 bits per heavy atom. The molecule has 8 nitrogen and oxygen atoms in total. The molecule has 1 fully saturated rings. The van der Waals surface area contributed by atoms with Crippen molar-refractivity contribution in [3.8, 4) is 23.0 Å². The van der Waals surface area contributed by atoms with Gasteiger partial charge in [0.25, 0.3) is 11.1 Å². The number of carbonyl (C=O) groups is 1. The minimum absolute atomic E-state index is 0.0200. The highest BCUT2D eigenvalue weighted by Crippen LogP contribution is 2.39. The van der Waals surface area contributed by atoms with Crippen LogP contribution in [-0.4, -0.2) is 47.5 Å². The van der Waals surface area contributed by atoms with Crippen LogP contribution in [0.15, 0.2) is 44.6 Å². The first-order chi connectivity index (χ1) is 14.6. The van der Waals surface area contributed by atoms with Crippen molar-refractivity contribution >= 4 is 17.7 Å². The number of methoxy groups -OCH3 is 2. The quantitative estimate of drug-likeness (QED) is 0.518. The van der Waals surface area contributed by atoms with E-state index in [0.29, 0.717) is 23.4 Å². The Bertz CT molecular complexity index is 1030. The zero-order valence-electron chi connectivity index (χ0n) is 17.1. The maximum atomic E-state index is 13.0. The van der Waals surface area contributed by atoms with Gasteiger partial charge >= 0.3 is 0 Å². The lowest BCUT2D eigenvalue weighted by atomic mass is 10.0. The average molecular weight is 429 g/mol. The maximum absolute atomic E-state index is 13.0. The summed E-state index contributed by atoms with van der Waals surface area (Å²) in [7, 11) is 3.26. The Morgan fingerprint density at radius 1 is 1.27 bits per heavy atom. The number of likely N-dealkylation sites (tertiary alicyclic amines) is 1. The second-order valence-corrected chi connectivity index (χ2v) is 7.83. The van der Waals surface area contributed by atoms with Crippen LogP contribution in [0.1, 0.15) is 30.2 Å². The molecule has 1 aliphatic heterocycles. The lowest BCUT2D eigenvalue weighted by Crippen LogP contribution is -2.32. The summed E-state index contributed by atoms with van der Waals surface area (Å²) in [6.45, 7) is 2.53. The standard InChI is InChI=1S/C21H23N3O5S/c1-13-15(8-10-28-13)20-22-23-21(29-20)30-12-19(25)24-9-4-5-17(24)16-11-14(26-2)6-7-18(16)27-3/h6-8,10-11,17H,4-5,9,12H2,1-3H3. The highest BCUT2D eigenvalue weighted by molar-refractivity contribution is 7.99. The molecule has 1 amide bonds. The van der Waals surface area contributed by atoms with E-state index >= 15 is 0 Å². The first-order valence-corrected chi connectivity index (χ1v) is 10.6. The van der Waals surface area contributed by atoms with E-state index in [9.17, 15) is 4.79 Å². The number of nitrogens with zero attached hydrogens (tertiary/aromatic N) is 3. The Hall–Kier alpha value is -2.94. The third kappa shape index (κ3) is 4.02. The molecule has 158 valence electrons. The van der Waals surface area contributed by atoms with Gasteiger partial charge in [0.1, 0.15) is 17.3 Å². The molecule has 1 aromatic carbocycles. The predicted molar refractivity (Wildman–Crippen MR) is 111 cm³/mol. The molecule has 3 heterocycles. The largest absolute Gasteiger partial charge is 0.497 e. The zero-order valence-corrected chi connectivity index (χ0v) is 17.9. The van der Waals surface area contributed by atoms with Crippen molar-refractivity contribution in [2.45, 2.75) is 31.0 Å². The molecule has 1 aliphatic rings. The van der Waals surface area contributed by atoms with Crippen LogP contribution in [0.4, 0.5) is 0 Å². The van der Waals surface area contributed by atoms with Gasteiger partial charge in [-0.2, -0.15) is 0 Å². The third-order valence-corrected chi connectivity index (χ3v) is 5.99. The summed E-state index contributed by atoms with van der Waals surface area (Å²) in [4.78, 5) is 14.9. The lowest BCUT2D eigenvalue weighted by molar-refractivity contribution is -0.129. The van der Waals surface area contributed by atoms with Crippen molar-refractivity contribution in [3.63, 3.8) is 0 Å². The van der Waals surface area contributed by atoms with E-state index in [0.717, 1.165) is 35.5 Å². The third-order valence-electron chi connectivity index (χ3n) is 5.18. The highest BCUT2D eigenvalue weighted by atomic mass is 32.2. The molecule has 3 aromatic rings. The van der Waals surface area contributed by atoms with E-state index < -0.39 is 0 Å². The van der Waals surface area contributed by atoms with E-state index in [1.807, 2.05) is 30.0 Å². The van der Waals surface area contributed by atoms with Crippen LogP contribution in [0.25, 0.3) is 11.5 Å². The topological polar surface area (TPSA) is 90.8 Å². The Morgan fingerprint density at radius 2 is 2.13 bits per heavy atom. The highest BCUT2D eigenvalue weighted by Gasteiger charge is 2.32. The summed E-state index contributed by atoms with van der Waals surface area (Å²) in [5.74, 6) is 2.83. The van der Waals surface area contributed by atoms with Crippen LogP contribution in [0.3, 0.4) is 0 Å². The number of thioether (sulfide) groups is 1. The van der Waals surface area contributed by atoms with Crippen LogP contribution in [0.5, 0.6) is 11.5 Å². The van der Waals surface area contributed by atoms with Crippen molar-refractivity contribution < 1.29 is 23.1 Å². The molecule has 0 spiro atoms. The number of furan rings is 1. The van der Waals surface area contributed by atoms with Gasteiger partial charge in [-0.05, 0) is 44.0 Å². The number of hydrogen-bond donors (Lipinski definition) is 0. The van der Waals surface area contributed by atoms with Crippen molar-refractivity contribution in [2.24, 2.45) is 0 Å². The van der Waals surface area contributed by atoms with Gasteiger partial charge in [-0.3, -0.25) is 4.79 Å². The summed E-state index contributed by atoms with van der Waals surface area (Å²) in [6, 6.07) is 7.41. The van der Waals surface area contributed by atoms with Crippen molar-refractivity contribution in [3.05, 3.63) is 41.9 Å². The van der Waals surface area contributed by atoms with Crippen molar-refractivity contribution in [1.29, 1.82) is 0 Å². The Kier molecular flexibility index (Phi) is 5.98. The number of carbonyl (C=O) groups excluding carboxylic acids is 1. The van der Waals surface area contributed by atoms with Gasteiger partial charge in [-0.1, -0.05) is 11.8 Å². The smallest absolute Gasteiger partial charge is 0.277 e. The number of aromatic nitrogens is 2. The number of ether oxygens (including phenoxy) is 2. The minimum atomic E-state index is -0.0463. The summed E-state index contributed by atoms with van der Waals surface area (Å²) in [5.41, 5.74) is 1.72. The molecule has 0 bridgehead atoms. The van der Waals surface area contributed by atoms with Gasteiger partial charge < -0.3 is 23.2 Å². The number of rotatable bonds is 7. The van der Waals surface area contributed by atoms with E-state index in [2.05, 4.69) is 10.2 Å². The molecule has 2 aromatic heterocycles. The Balaban J connectivity index is 1.45. The minimum Gasteiger partial charge on any atom is -0.497 e. The first kappa shape index (κ1) is 20.3. The van der Waals surface area contributed by atoms with E-state index in [-0.39, 0.29) is 17.7 Å². The fourth-order valence-corrected chi connectivity index (χ4v) is 4.33. The SMILES string of the molecule is COc1ccc(OC)c(C2CCCN2C(=O)CSc2nnc(-c3ccoc3C)o2)c1. The van der Waals surface area contributed by atoms with Crippen LogP contribution in [-0.2, 0) is 4.79 Å². The summed E-state index contributed by atoms with van der Waals surface area (Å²) in [5, 5.41) is 8.44. The number of amides is 1. The number of hydrogen-bond acceptors (Lipinski definition) is 8. The number of aryl methyl sites for hydroxylation is 1. The molecule has 9 heteroatoms. The summed E-state index contributed by atoms with van der Waals surface area (Å²) < 4.78 is 21.8. The van der Waals surface area contributed by atoms with Crippen molar-refractivity contribution in [2.75, 3.05) is 26.5 Å². The van der Waals surface area contributed by atoms with Crippen molar-refractivity contribution in [1.82, 2.24) is 15.1 Å². The fraction of sp³-hybridized carbons (Fsp3) is 0.381. The predicted octanol–water partition coefficient (Wildman–Crippen LogP) is 4.11. The maximum Gasteiger partial charge on any atom is 0.277 e. The van der Waals surface area contributed by atoms with Crippen LogP contribution < -0.4 is 9.47 Å². The lowest BCUT2D eigenvalue weighted by Gasteiger charge is -2.26. The van der Waals surface area contributed by atoms with Gasteiger partial charge in [0.2, 0.25) is 5.91 Å². The molecule has 30 heavy (non-hydrogen) atoms. The van der Waals surface area contributed by atoms with Crippen LogP contribution in [0.2, 0.25) is 0 Å². The first-order valence-electron chi connectivity index (χ1n) is 9.63. The molecular formula is C21H23N3O5S. The fourth-order valence-electron chi connectivity index (χ4n) is 3.68. The molecule has 1 saturated heterocycles. The van der Waals surface area contributed by atoms with E-state index in [1.54, 1.807) is 26.5 Å². The van der Waals surface area contributed by atoms with E-state index in [1.165, 1.54) is 11.8 Å². The second kappa shape index (κ2) is 8.83. The molecule has 1 atom stereocenters. The molecule has 4 rings (SSSR count). The molecule has 0 radical (unpaired) electrons. The van der Waals surface area contributed by atoms with E-state index in [4.69, 9.17) is 18.3 Å². The molecule has 0 aliphatic carbocycles. The molecule has 0 saturated carbocycles. The molecule has 0 N–H and O–H groups in total. The average Bonchev–Trinajstić information content (AvgIpc) is 3.51. The normalized spacial score (nSPS) is 16.1.